The molecule has 0 aliphatic carbocycles. The Kier molecular flexibility index (Phi) is 6.56. The van der Waals surface area contributed by atoms with E-state index in [0.717, 1.165) is 10.6 Å². The van der Waals surface area contributed by atoms with E-state index in [9.17, 15) is 15.3 Å². The average Bonchev–Trinajstić information content (AvgIpc) is 2.43. The number of anilines is 1. The van der Waals surface area contributed by atoms with Crippen molar-refractivity contribution < 1.29 is 25.5 Å². The Bertz CT molecular complexity index is 375. The fourth-order valence-electron chi connectivity index (χ4n) is 1.49. The molecule has 0 amide bonds. The minimum atomic E-state index is -1.61. The number of hydrogen-bond acceptors (Lipinski definition) is 7. The van der Waals surface area contributed by atoms with Crippen molar-refractivity contribution in [1.82, 2.24) is 0 Å². The number of rotatable bonds is 7. The van der Waals surface area contributed by atoms with Crippen molar-refractivity contribution >= 4 is 18.3 Å². The number of hydrogen-bond donors (Lipinski definition) is 7. The van der Waals surface area contributed by atoms with Crippen LogP contribution in [0.1, 0.15) is 0 Å². The molecule has 0 bridgehead atoms. The van der Waals surface area contributed by atoms with Gasteiger partial charge in [0.05, 0.1) is 12.7 Å². The number of thiol groups is 1. The molecular weight excluding hydrogens is 270 g/mol. The van der Waals surface area contributed by atoms with Gasteiger partial charge < -0.3 is 30.8 Å². The standard InChI is InChI=1S/C12H19NO5S/c14-6-10(16)12(18)11(17)9(15)5-13-7-1-3-8(19)4-2-7/h1-4,9-19H,5-6H2/t9-,10-,11-,12-/m1/s1. The van der Waals surface area contributed by atoms with Crippen LogP contribution in [0.5, 0.6) is 0 Å². The van der Waals surface area contributed by atoms with Crippen molar-refractivity contribution in [2.45, 2.75) is 29.3 Å². The molecule has 1 rings (SSSR count). The predicted molar refractivity (Wildman–Crippen MR) is 73.3 cm³/mol. The summed E-state index contributed by atoms with van der Waals surface area (Å²) in [5.74, 6) is 0. The van der Waals surface area contributed by atoms with Gasteiger partial charge in [-0.05, 0) is 24.3 Å². The van der Waals surface area contributed by atoms with Gasteiger partial charge in [-0.3, -0.25) is 0 Å². The molecule has 0 spiro atoms. The van der Waals surface area contributed by atoms with Crippen molar-refractivity contribution in [3.05, 3.63) is 24.3 Å². The second-order valence-corrected chi connectivity index (χ2v) is 4.74. The second-order valence-electron chi connectivity index (χ2n) is 4.23. The third-order valence-electron chi connectivity index (χ3n) is 2.71. The summed E-state index contributed by atoms with van der Waals surface area (Å²) in [5.41, 5.74) is 0.723. The lowest BCUT2D eigenvalue weighted by molar-refractivity contribution is -0.111. The highest BCUT2D eigenvalue weighted by molar-refractivity contribution is 7.80. The van der Waals surface area contributed by atoms with Crippen LogP contribution in [0, 0.1) is 0 Å². The predicted octanol–water partition coefficient (Wildman–Crippen LogP) is -1.18. The molecular formula is C12H19NO5S. The Morgan fingerprint density at radius 2 is 1.47 bits per heavy atom. The van der Waals surface area contributed by atoms with Crippen molar-refractivity contribution in [2.24, 2.45) is 0 Å². The maximum Gasteiger partial charge on any atom is 0.111 e. The van der Waals surface area contributed by atoms with Gasteiger partial charge in [0.15, 0.2) is 0 Å². The first-order valence-electron chi connectivity index (χ1n) is 5.81. The van der Waals surface area contributed by atoms with Crippen molar-refractivity contribution in [1.29, 1.82) is 0 Å². The second kappa shape index (κ2) is 7.68. The van der Waals surface area contributed by atoms with E-state index in [4.69, 9.17) is 10.2 Å². The highest BCUT2D eigenvalue weighted by atomic mass is 32.1. The third kappa shape index (κ3) is 4.98. The van der Waals surface area contributed by atoms with Crippen molar-refractivity contribution in [2.75, 3.05) is 18.5 Å². The van der Waals surface area contributed by atoms with Crippen molar-refractivity contribution in [3.63, 3.8) is 0 Å². The van der Waals surface area contributed by atoms with E-state index in [1.807, 2.05) is 0 Å². The maximum atomic E-state index is 9.67. The van der Waals surface area contributed by atoms with Gasteiger partial charge in [-0.2, -0.15) is 0 Å². The smallest absolute Gasteiger partial charge is 0.111 e. The lowest BCUT2D eigenvalue weighted by atomic mass is 10.0. The minimum absolute atomic E-state index is 0.0116. The molecule has 108 valence electrons. The summed E-state index contributed by atoms with van der Waals surface area (Å²) in [4.78, 5) is 0.799. The monoisotopic (exact) mass is 289 g/mol. The molecule has 0 aliphatic heterocycles. The molecule has 0 heterocycles. The highest BCUT2D eigenvalue weighted by Gasteiger charge is 2.29. The van der Waals surface area contributed by atoms with E-state index >= 15 is 0 Å². The van der Waals surface area contributed by atoms with Crippen LogP contribution < -0.4 is 5.32 Å². The van der Waals surface area contributed by atoms with Crippen LogP contribution in [-0.4, -0.2) is 63.1 Å². The fraction of sp³-hybridized carbons (Fsp3) is 0.500. The topological polar surface area (TPSA) is 113 Å². The summed E-state index contributed by atoms with van der Waals surface area (Å²) >= 11 is 4.13. The van der Waals surface area contributed by atoms with E-state index in [2.05, 4.69) is 17.9 Å². The maximum absolute atomic E-state index is 9.67. The normalized spacial score (nSPS) is 17.6. The minimum Gasteiger partial charge on any atom is -0.394 e. The Balaban J connectivity index is 2.46. The molecule has 0 unspecified atom stereocenters. The third-order valence-corrected chi connectivity index (χ3v) is 3.01. The van der Waals surface area contributed by atoms with Crippen molar-refractivity contribution in [3.8, 4) is 0 Å². The van der Waals surface area contributed by atoms with E-state index in [-0.39, 0.29) is 6.54 Å². The van der Waals surface area contributed by atoms with Gasteiger partial charge in [-0.15, -0.1) is 12.6 Å². The summed E-state index contributed by atoms with van der Waals surface area (Å²) in [6, 6.07) is 7.03. The van der Waals surface area contributed by atoms with Crippen LogP contribution in [0.15, 0.2) is 29.2 Å². The number of aliphatic hydroxyl groups excluding tert-OH is 5. The fourth-order valence-corrected chi connectivity index (χ4v) is 1.63. The number of benzene rings is 1. The van der Waals surface area contributed by atoms with Crippen LogP contribution in [0.3, 0.4) is 0 Å². The van der Waals surface area contributed by atoms with Gasteiger partial charge in [-0.1, -0.05) is 0 Å². The Morgan fingerprint density at radius 3 is 2.00 bits per heavy atom. The first kappa shape index (κ1) is 16.2. The summed E-state index contributed by atoms with van der Waals surface area (Å²) in [6.07, 6.45) is -5.94. The molecule has 0 aromatic heterocycles. The molecule has 0 radical (unpaired) electrons. The zero-order valence-corrected chi connectivity index (χ0v) is 11.1. The lowest BCUT2D eigenvalue weighted by Crippen LogP contribution is -2.47. The zero-order chi connectivity index (χ0) is 14.4. The van der Waals surface area contributed by atoms with Gasteiger partial charge in [0, 0.05) is 17.1 Å². The average molecular weight is 289 g/mol. The number of nitrogens with one attached hydrogen (secondary N) is 1. The first-order valence-corrected chi connectivity index (χ1v) is 6.26. The summed E-state index contributed by atoms with van der Waals surface area (Å²) < 4.78 is 0. The SMILES string of the molecule is OC[C@@H](O)[C@@H](O)[C@H](O)[C@H](O)CNc1ccc(S)cc1. The van der Waals surface area contributed by atoms with Crippen LogP contribution >= 0.6 is 12.6 Å². The molecule has 1 aromatic rings. The Hall–Kier alpha value is -0.830. The molecule has 6 nitrogen and oxygen atoms in total. The largest absolute Gasteiger partial charge is 0.394 e. The van der Waals surface area contributed by atoms with Crippen LogP contribution in [0.2, 0.25) is 0 Å². The van der Waals surface area contributed by atoms with Gasteiger partial charge in [-0.25, -0.2) is 0 Å². The van der Waals surface area contributed by atoms with E-state index in [0.29, 0.717) is 0 Å². The summed E-state index contributed by atoms with van der Waals surface area (Å²) in [5, 5.41) is 49.4. The quantitative estimate of drug-likeness (QED) is 0.318. The van der Waals surface area contributed by atoms with Crippen LogP contribution in [0.4, 0.5) is 5.69 Å². The molecule has 0 saturated carbocycles. The zero-order valence-electron chi connectivity index (χ0n) is 10.2. The highest BCUT2D eigenvalue weighted by Crippen LogP contribution is 2.13. The molecule has 7 heteroatoms. The summed E-state index contributed by atoms with van der Waals surface area (Å²) in [7, 11) is 0. The Morgan fingerprint density at radius 1 is 0.947 bits per heavy atom. The molecule has 4 atom stereocenters. The van der Waals surface area contributed by atoms with Gasteiger partial charge in [0.2, 0.25) is 0 Å². The van der Waals surface area contributed by atoms with Crippen LogP contribution in [-0.2, 0) is 0 Å². The summed E-state index contributed by atoms with van der Waals surface area (Å²) in [6.45, 7) is -0.704. The molecule has 0 saturated heterocycles. The molecule has 19 heavy (non-hydrogen) atoms. The number of aliphatic hydroxyl groups is 5. The molecule has 0 aliphatic rings. The molecule has 6 N–H and O–H groups in total. The lowest BCUT2D eigenvalue weighted by Gasteiger charge is -2.26. The van der Waals surface area contributed by atoms with Gasteiger partial charge in [0.25, 0.3) is 0 Å². The molecule has 1 aromatic carbocycles. The molecule has 0 fully saturated rings. The van der Waals surface area contributed by atoms with Gasteiger partial charge >= 0.3 is 0 Å². The first-order chi connectivity index (χ1) is 8.95. The van der Waals surface area contributed by atoms with Gasteiger partial charge in [0.1, 0.15) is 18.3 Å². The van der Waals surface area contributed by atoms with Crippen LogP contribution in [0.25, 0.3) is 0 Å². The van der Waals surface area contributed by atoms with E-state index in [1.54, 1.807) is 24.3 Å². The van der Waals surface area contributed by atoms with E-state index in [1.165, 1.54) is 0 Å². The van der Waals surface area contributed by atoms with E-state index < -0.39 is 31.0 Å². The Labute approximate surface area is 116 Å².